The average molecular weight is 349 g/mol. The number of rotatable bonds is 13. The van der Waals surface area contributed by atoms with Crippen LogP contribution in [0.15, 0.2) is 0 Å². The first kappa shape index (κ1) is 27.7. The summed E-state index contributed by atoms with van der Waals surface area (Å²) in [6.07, 6.45) is 11.8. The Morgan fingerprint density at radius 3 is 1.12 bits per heavy atom. The first-order chi connectivity index (χ1) is 11.5. The summed E-state index contributed by atoms with van der Waals surface area (Å²) < 4.78 is 0. The molecule has 0 radical (unpaired) electrons. The Labute approximate surface area is 148 Å². The van der Waals surface area contributed by atoms with Crippen molar-refractivity contribution in [3.8, 4) is 0 Å². The Bertz CT molecular complexity index is 235. The minimum Gasteiger partial charge on any atom is -0.481 e. The lowest BCUT2D eigenvalue weighted by Gasteiger charge is -1.95. The molecule has 0 aliphatic heterocycles. The highest BCUT2D eigenvalue weighted by molar-refractivity contribution is 5.66. The van der Waals surface area contributed by atoms with Crippen LogP contribution in [0.2, 0.25) is 0 Å². The van der Waals surface area contributed by atoms with Crippen LogP contribution in [0, 0.1) is 0 Å². The minimum absolute atomic E-state index is 0.337. The van der Waals surface area contributed by atoms with Gasteiger partial charge in [-0.3, -0.25) is 9.59 Å². The molecule has 0 atom stereocenters. The van der Waals surface area contributed by atoms with Crippen LogP contribution in [0.1, 0.15) is 90.9 Å². The van der Waals surface area contributed by atoms with Gasteiger partial charge in [0.05, 0.1) is 0 Å². The Hall–Kier alpha value is -1.14. The number of hydrogen-bond donors (Lipinski definition) is 4. The fourth-order valence-corrected chi connectivity index (χ4v) is 1.76. The maximum atomic E-state index is 10.0. The molecule has 0 rings (SSSR count). The van der Waals surface area contributed by atoms with Crippen molar-refractivity contribution in [1.29, 1.82) is 0 Å². The second kappa shape index (κ2) is 26.7. The van der Waals surface area contributed by atoms with E-state index in [-0.39, 0.29) is 0 Å². The quantitative estimate of drug-likeness (QED) is 0.375. The average Bonchev–Trinajstić information content (AvgIpc) is 2.55. The Morgan fingerprint density at radius 1 is 0.625 bits per heavy atom. The van der Waals surface area contributed by atoms with E-state index in [1.165, 1.54) is 38.5 Å². The van der Waals surface area contributed by atoms with E-state index < -0.39 is 11.9 Å². The van der Waals surface area contributed by atoms with Gasteiger partial charge in [0.2, 0.25) is 0 Å². The highest BCUT2D eigenvalue weighted by Crippen LogP contribution is 2.04. The van der Waals surface area contributed by atoms with Gasteiger partial charge in [-0.15, -0.1) is 0 Å². The number of carboxylic acid groups (broad SMARTS) is 2. The van der Waals surface area contributed by atoms with Gasteiger partial charge in [0.15, 0.2) is 0 Å². The number of carbonyl (C=O) groups is 2. The molecule has 0 aromatic rings. The van der Waals surface area contributed by atoms with Crippen molar-refractivity contribution in [2.75, 3.05) is 13.1 Å². The van der Waals surface area contributed by atoms with Gasteiger partial charge < -0.3 is 21.7 Å². The second-order valence-corrected chi connectivity index (χ2v) is 5.69. The topological polar surface area (TPSA) is 127 Å². The van der Waals surface area contributed by atoms with Crippen molar-refractivity contribution in [3.05, 3.63) is 0 Å². The van der Waals surface area contributed by atoms with E-state index in [0.717, 1.165) is 25.7 Å². The number of hydrogen-bond acceptors (Lipinski definition) is 4. The van der Waals surface area contributed by atoms with Gasteiger partial charge in [0, 0.05) is 25.9 Å². The molecule has 0 fully saturated rings. The summed E-state index contributed by atoms with van der Waals surface area (Å²) in [4.78, 5) is 20.1. The fourth-order valence-electron chi connectivity index (χ4n) is 1.76. The molecule has 0 saturated heterocycles. The van der Waals surface area contributed by atoms with Crippen LogP contribution in [0.4, 0.5) is 0 Å². The van der Waals surface area contributed by atoms with Gasteiger partial charge in [0.1, 0.15) is 0 Å². The van der Waals surface area contributed by atoms with E-state index in [2.05, 4.69) is 13.8 Å². The molecule has 0 bridgehead atoms. The van der Waals surface area contributed by atoms with E-state index in [9.17, 15) is 9.59 Å². The van der Waals surface area contributed by atoms with Gasteiger partial charge in [0.25, 0.3) is 0 Å². The summed E-state index contributed by atoms with van der Waals surface area (Å²) in [6.45, 7) is 5.49. The molecule has 0 saturated carbocycles. The number of unbranched alkanes of at least 4 members (excludes halogenated alkanes) is 8. The largest absolute Gasteiger partial charge is 0.481 e. The van der Waals surface area contributed by atoms with Gasteiger partial charge in [-0.1, -0.05) is 65.2 Å². The Morgan fingerprint density at radius 2 is 0.917 bits per heavy atom. The van der Waals surface area contributed by atoms with Crippen molar-refractivity contribution in [1.82, 2.24) is 0 Å². The molecule has 146 valence electrons. The Balaban J connectivity index is -0.000000301. The SMILES string of the molecule is CCCCCCCC(=O)O.CCCCCCCC(=O)O.NCCN. The van der Waals surface area contributed by atoms with Crippen molar-refractivity contribution in [2.24, 2.45) is 11.5 Å². The predicted octanol–water partition coefficient (Wildman–Crippen LogP) is 3.77. The maximum absolute atomic E-state index is 10.0. The number of aliphatic carboxylic acids is 2. The molecule has 0 aliphatic carbocycles. The second-order valence-electron chi connectivity index (χ2n) is 5.69. The number of carboxylic acids is 2. The van der Waals surface area contributed by atoms with E-state index in [0.29, 0.717) is 25.9 Å². The van der Waals surface area contributed by atoms with Crippen molar-refractivity contribution < 1.29 is 19.8 Å². The van der Waals surface area contributed by atoms with Gasteiger partial charge in [-0.05, 0) is 12.8 Å². The first-order valence-corrected chi connectivity index (χ1v) is 9.29. The minimum atomic E-state index is -0.670. The third-order valence-electron chi connectivity index (χ3n) is 3.16. The molecule has 0 heterocycles. The summed E-state index contributed by atoms with van der Waals surface area (Å²) >= 11 is 0. The molecule has 0 unspecified atom stereocenters. The van der Waals surface area contributed by atoms with Crippen LogP contribution in [-0.2, 0) is 9.59 Å². The molecule has 24 heavy (non-hydrogen) atoms. The van der Waals surface area contributed by atoms with Gasteiger partial charge >= 0.3 is 11.9 Å². The van der Waals surface area contributed by atoms with E-state index >= 15 is 0 Å². The van der Waals surface area contributed by atoms with Crippen LogP contribution >= 0.6 is 0 Å². The normalized spacial score (nSPS) is 9.33. The van der Waals surface area contributed by atoms with Crippen LogP contribution in [-0.4, -0.2) is 35.2 Å². The van der Waals surface area contributed by atoms with E-state index in [4.69, 9.17) is 21.7 Å². The third kappa shape index (κ3) is 42.8. The summed E-state index contributed by atoms with van der Waals surface area (Å²) in [6, 6.07) is 0. The van der Waals surface area contributed by atoms with Crippen LogP contribution in [0.25, 0.3) is 0 Å². The zero-order valence-corrected chi connectivity index (χ0v) is 15.8. The summed E-state index contributed by atoms with van der Waals surface area (Å²) in [7, 11) is 0. The van der Waals surface area contributed by atoms with Gasteiger partial charge in [-0.2, -0.15) is 0 Å². The molecular weight excluding hydrogens is 308 g/mol. The molecule has 0 spiro atoms. The Kier molecular flexibility index (Phi) is 30.9. The molecule has 0 amide bonds. The zero-order valence-electron chi connectivity index (χ0n) is 15.8. The molecule has 6 heteroatoms. The summed E-state index contributed by atoms with van der Waals surface area (Å²) in [5.41, 5.74) is 9.81. The predicted molar refractivity (Wildman–Crippen MR) is 100 cm³/mol. The van der Waals surface area contributed by atoms with Crippen molar-refractivity contribution >= 4 is 11.9 Å². The molecule has 0 aliphatic rings. The maximum Gasteiger partial charge on any atom is 0.303 e. The van der Waals surface area contributed by atoms with Gasteiger partial charge in [-0.25, -0.2) is 0 Å². The lowest BCUT2D eigenvalue weighted by Crippen LogP contribution is -2.11. The lowest BCUT2D eigenvalue weighted by atomic mass is 10.1. The van der Waals surface area contributed by atoms with Crippen LogP contribution in [0.3, 0.4) is 0 Å². The van der Waals surface area contributed by atoms with Crippen molar-refractivity contribution in [3.63, 3.8) is 0 Å². The highest BCUT2D eigenvalue weighted by atomic mass is 16.4. The zero-order chi connectivity index (χ0) is 19.1. The van der Waals surface area contributed by atoms with E-state index in [1.54, 1.807) is 0 Å². The molecule has 0 aromatic carbocycles. The highest BCUT2D eigenvalue weighted by Gasteiger charge is 1.95. The van der Waals surface area contributed by atoms with Crippen LogP contribution < -0.4 is 11.5 Å². The summed E-state index contributed by atoms with van der Waals surface area (Å²) in [5.74, 6) is -1.34. The third-order valence-corrected chi connectivity index (χ3v) is 3.16. The molecule has 6 N–H and O–H groups in total. The smallest absolute Gasteiger partial charge is 0.303 e. The first-order valence-electron chi connectivity index (χ1n) is 9.29. The van der Waals surface area contributed by atoms with Crippen molar-refractivity contribution in [2.45, 2.75) is 90.9 Å². The molecule has 6 nitrogen and oxygen atoms in total. The monoisotopic (exact) mass is 348 g/mol. The molecule has 0 aromatic heterocycles. The summed E-state index contributed by atoms with van der Waals surface area (Å²) in [5, 5.41) is 16.5. The fraction of sp³-hybridized carbons (Fsp3) is 0.889. The number of nitrogens with two attached hydrogens (primary N) is 2. The standard InChI is InChI=1S/2C8H16O2.C2H8N2/c2*1-2-3-4-5-6-7-8(9)10;3-1-2-4/h2*2-7H2,1H3,(H,9,10);1-4H2. The van der Waals surface area contributed by atoms with Crippen LogP contribution in [0.5, 0.6) is 0 Å². The van der Waals surface area contributed by atoms with E-state index in [1.807, 2.05) is 0 Å². The lowest BCUT2D eigenvalue weighted by molar-refractivity contribution is -0.138. The molecular formula is C18H40N2O4.